The minimum atomic E-state index is 0.442. The van der Waals surface area contributed by atoms with Gasteiger partial charge in [-0.3, -0.25) is 0 Å². The average Bonchev–Trinajstić information content (AvgIpc) is 3.05. The lowest BCUT2D eigenvalue weighted by Gasteiger charge is -1.93. The van der Waals surface area contributed by atoms with Gasteiger partial charge in [-0.1, -0.05) is 52.0 Å². The van der Waals surface area contributed by atoms with Crippen molar-refractivity contribution in [3.05, 3.63) is 35.2 Å². The number of benzene rings is 1. The second-order valence-corrected chi connectivity index (χ2v) is 6.38. The Morgan fingerprint density at radius 1 is 1.35 bits per heavy atom. The van der Waals surface area contributed by atoms with Crippen LogP contribution in [0.3, 0.4) is 0 Å². The summed E-state index contributed by atoms with van der Waals surface area (Å²) >= 11 is 8.70. The van der Waals surface area contributed by atoms with Crippen LogP contribution in [0.2, 0.25) is 5.02 Å². The van der Waals surface area contributed by atoms with Crippen molar-refractivity contribution in [2.24, 2.45) is 0 Å². The lowest BCUT2D eigenvalue weighted by Crippen LogP contribution is -1.83. The molecule has 20 heavy (non-hydrogen) atoms. The SMILES string of the molecule is Nc1nnc(SCc2nc(-c3cccc(Cl)c3)no2)s1. The highest BCUT2D eigenvalue weighted by molar-refractivity contribution is 8.00. The van der Waals surface area contributed by atoms with Crippen LogP contribution >= 0.6 is 34.7 Å². The molecule has 0 radical (unpaired) electrons. The molecule has 0 amide bonds. The summed E-state index contributed by atoms with van der Waals surface area (Å²) in [5.41, 5.74) is 6.33. The van der Waals surface area contributed by atoms with Crippen molar-refractivity contribution in [3.63, 3.8) is 0 Å². The number of nitrogens with zero attached hydrogens (tertiary/aromatic N) is 4. The van der Waals surface area contributed by atoms with Crippen LogP contribution in [0.5, 0.6) is 0 Å². The number of hydrogen-bond donors (Lipinski definition) is 1. The Morgan fingerprint density at radius 2 is 2.25 bits per heavy atom. The van der Waals surface area contributed by atoms with Gasteiger partial charge < -0.3 is 10.3 Å². The van der Waals surface area contributed by atoms with Crippen LogP contribution in [0.1, 0.15) is 5.89 Å². The lowest BCUT2D eigenvalue weighted by atomic mass is 10.2. The van der Waals surface area contributed by atoms with Crippen molar-refractivity contribution in [2.75, 3.05) is 5.73 Å². The van der Waals surface area contributed by atoms with Crippen LogP contribution in [-0.2, 0) is 5.75 Å². The normalized spacial score (nSPS) is 10.8. The maximum Gasteiger partial charge on any atom is 0.237 e. The van der Waals surface area contributed by atoms with Crippen molar-refractivity contribution < 1.29 is 4.52 Å². The summed E-state index contributed by atoms with van der Waals surface area (Å²) < 4.78 is 5.96. The Kier molecular flexibility index (Phi) is 3.86. The van der Waals surface area contributed by atoms with Crippen molar-refractivity contribution >= 4 is 39.8 Å². The summed E-state index contributed by atoms with van der Waals surface area (Å²) in [7, 11) is 0. The van der Waals surface area contributed by atoms with E-state index in [-0.39, 0.29) is 0 Å². The molecule has 0 spiro atoms. The molecule has 0 saturated carbocycles. The van der Waals surface area contributed by atoms with E-state index in [4.69, 9.17) is 21.9 Å². The number of anilines is 1. The molecule has 9 heteroatoms. The monoisotopic (exact) mass is 325 g/mol. The molecule has 0 bridgehead atoms. The summed E-state index contributed by atoms with van der Waals surface area (Å²) in [6.45, 7) is 0. The van der Waals surface area contributed by atoms with E-state index in [0.29, 0.717) is 27.6 Å². The summed E-state index contributed by atoms with van der Waals surface area (Å²) in [6, 6.07) is 7.29. The predicted molar refractivity (Wildman–Crippen MR) is 78.6 cm³/mol. The molecule has 0 unspecified atom stereocenters. The van der Waals surface area contributed by atoms with Gasteiger partial charge in [-0.15, -0.1) is 10.2 Å². The maximum atomic E-state index is 5.93. The first-order valence-corrected chi connectivity index (χ1v) is 7.69. The zero-order valence-electron chi connectivity index (χ0n) is 9.99. The highest BCUT2D eigenvalue weighted by atomic mass is 35.5. The first-order chi connectivity index (χ1) is 9.70. The summed E-state index contributed by atoms with van der Waals surface area (Å²) in [5, 5.41) is 12.6. The standard InChI is InChI=1S/C11H8ClN5OS2/c12-7-3-1-2-6(4-7)9-14-8(18-17-9)5-19-11-16-15-10(13)20-11/h1-4H,5H2,(H2,13,15). The van der Waals surface area contributed by atoms with Crippen molar-refractivity contribution in [1.29, 1.82) is 0 Å². The van der Waals surface area contributed by atoms with E-state index in [1.807, 2.05) is 12.1 Å². The van der Waals surface area contributed by atoms with Crippen LogP contribution in [0.4, 0.5) is 5.13 Å². The number of thioether (sulfide) groups is 1. The van der Waals surface area contributed by atoms with E-state index < -0.39 is 0 Å². The van der Waals surface area contributed by atoms with Gasteiger partial charge in [0.15, 0.2) is 4.34 Å². The van der Waals surface area contributed by atoms with Crippen molar-refractivity contribution in [3.8, 4) is 11.4 Å². The molecule has 1 aromatic carbocycles. The molecule has 0 saturated heterocycles. The number of nitrogen functional groups attached to an aromatic ring is 1. The molecule has 2 heterocycles. The number of aromatic nitrogens is 4. The third-order valence-corrected chi connectivity index (χ3v) is 4.40. The molecule has 3 aromatic rings. The molecule has 0 aliphatic carbocycles. The van der Waals surface area contributed by atoms with Crippen LogP contribution < -0.4 is 5.73 Å². The Bertz CT molecular complexity index is 729. The molecular weight excluding hydrogens is 318 g/mol. The van der Waals surface area contributed by atoms with Crippen molar-refractivity contribution in [1.82, 2.24) is 20.3 Å². The van der Waals surface area contributed by atoms with Gasteiger partial charge in [0.25, 0.3) is 0 Å². The van der Waals surface area contributed by atoms with E-state index in [1.165, 1.54) is 23.1 Å². The lowest BCUT2D eigenvalue weighted by molar-refractivity contribution is 0.391. The summed E-state index contributed by atoms with van der Waals surface area (Å²) in [4.78, 5) is 4.31. The molecule has 0 fully saturated rings. The minimum absolute atomic E-state index is 0.442. The van der Waals surface area contributed by atoms with Crippen LogP contribution in [0, 0.1) is 0 Å². The van der Waals surface area contributed by atoms with Crippen LogP contribution in [0.25, 0.3) is 11.4 Å². The Labute approximate surface area is 127 Å². The first-order valence-electron chi connectivity index (χ1n) is 5.51. The smallest absolute Gasteiger partial charge is 0.237 e. The van der Waals surface area contributed by atoms with Crippen molar-refractivity contribution in [2.45, 2.75) is 10.1 Å². The second kappa shape index (κ2) is 5.78. The maximum absolute atomic E-state index is 5.93. The van der Waals surface area contributed by atoms with E-state index in [1.54, 1.807) is 12.1 Å². The molecule has 102 valence electrons. The molecule has 0 aliphatic heterocycles. The number of hydrogen-bond acceptors (Lipinski definition) is 8. The Balaban J connectivity index is 1.70. The quantitative estimate of drug-likeness (QED) is 0.737. The zero-order valence-corrected chi connectivity index (χ0v) is 12.4. The van der Waals surface area contributed by atoms with Gasteiger partial charge in [-0.2, -0.15) is 4.98 Å². The molecular formula is C11H8ClN5OS2. The van der Waals surface area contributed by atoms with Gasteiger partial charge in [0, 0.05) is 10.6 Å². The zero-order chi connectivity index (χ0) is 13.9. The highest BCUT2D eigenvalue weighted by Gasteiger charge is 2.10. The first kappa shape index (κ1) is 13.3. The Hall–Kier alpha value is -1.64. The predicted octanol–water partition coefficient (Wildman–Crippen LogP) is 3.12. The summed E-state index contributed by atoms with van der Waals surface area (Å²) in [6.07, 6.45) is 0. The van der Waals surface area contributed by atoms with Gasteiger partial charge in [0.05, 0.1) is 5.75 Å². The third-order valence-electron chi connectivity index (χ3n) is 2.29. The number of halogens is 1. The largest absolute Gasteiger partial charge is 0.374 e. The van der Waals surface area contributed by atoms with Gasteiger partial charge in [-0.05, 0) is 12.1 Å². The van der Waals surface area contributed by atoms with E-state index >= 15 is 0 Å². The van der Waals surface area contributed by atoms with E-state index in [9.17, 15) is 0 Å². The number of rotatable bonds is 4. The summed E-state index contributed by atoms with van der Waals surface area (Å²) in [5.74, 6) is 1.54. The topological polar surface area (TPSA) is 90.7 Å². The van der Waals surface area contributed by atoms with E-state index in [2.05, 4.69) is 20.3 Å². The third kappa shape index (κ3) is 3.09. The highest BCUT2D eigenvalue weighted by Crippen LogP contribution is 2.27. The fraction of sp³-hybridized carbons (Fsp3) is 0.0909. The second-order valence-electron chi connectivity index (χ2n) is 3.72. The number of nitrogens with two attached hydrogens (primary N) is 1. The molecule has 3 rings (SSSR count). The minimum Gasteiger partial charge on any atom is -0.374 e. The molecule has 6 nitrogen and oxygen atoms in total. The molecule has 0 aliphatic rings. The van der Waals surface area contributed by atoms with Gasteiger partial charge >= 0.3 is 0 Å². The average molecular weight is 326 g/mol. The fourth-order valence-electron chi connectivity index (χ4n) is 1.46. The van der Waals surface area contributed by atoms with Gasteiger partial charge in [0.2, 0.25) is 16.8 Å². The van der Waals surface area contributed by atoms with Gasteiger partial charge in [0.1, 0.15) is 0 Å². The van der Waals surface area contributed by atoms with Crippen LogP contribution in [0.15, 0.2) is 33.1 Å². The molecule has 2 aromatic heterocycles. The molecule has 0 atom stereocenters. The molecule has 2 N–H and O–H groups in total. The Morgan fingerprint density at radius 3 is 3.00 bits per heavy atom. The van der Waals surface area contributed by atoms with E-state index in [0.717, 1.165) is 9.90 Å². The fourth-order valence-corrected chi connectivity index (χ4v) is 3.12. The van der Waals surface area contributed by atoms with Crippen LogP contribution in [-0.4, -0.2) is 20.3 Å². The van der Waals surface area contributed by atoms with Gasteiger partial charge in [-0.25, -0.2) is 0 Å².